The number of aliphatic hydroxyl groups is 1. The molecule has 0 aliphatic carbocycles. The molecular weight excluding hydrogens is 214 g/mol. The SMILES string of the molecule is C[C@@H](NOC[C@H](O)c1ccccc1)C(C)(C)C. The monoisotopic (exact) mass is 237 g/mol. The molecule has 0 spiro atoms. The van der Waals surface area contributed by atoms with Gasteiger partial charge < -0.3 is 5.11 Å². The fourth-order valence-electron chi connectivity index (χ4n) is 1.20. The first-order valence-electron chi connectivity index (χ1n) is 6.01. The average molecular weight is 237 g/mol. The van der Waals surface area contributed by atoms with Crippen molar-refractivity contribution in [2.24, 2.45) is 5.41 Å². The molecule has 2 N–H and O–H groups in total. The van der Waals surface area contributed by atoms with E-state index in [4.69, 9.17) is 4.84 Å². The summed E-state index contributed by atoms with van der Waals surface area (Å²) in [5.41, 5.74) is 3.97. The van der Waals surface area contributed by atoms with Crippen LogP contribution in [0.1, 0.15) is 39.4 Å². The molecule has 0 aliphatic rings. The quantitative estimate of drug-likeness (QED) is 0.774. The average Bonchev–Trinajstić information content (AvgIpc) is 2.28. The fourth-order valence-corrected chi connectivity index (χ4v) is 1.20. The summed E-state index contributed by atoms with van der Waals surface area (Å²) in [5.74, 6) is 0. The van der Waals surface area contributed by atoms with Gasteiger partial charge in [-0.3, -0.25) is 4.84 Å². The van der Waals surface area contributed by atoms with Gasteiger partial charge in [-0.25, -0.2) is 0 Å². The van der Waals surface area contributed by atoms with Crippen molar-refractivity contribution in [1.82, 2.24) is 5.48 Å². The molecule has 17 heavy (non-hydrogen) atoms. The topological polar surface area (TPSA) is 41.5 Å². The molecule has 1 aromatic rings. The van der Waals surface area contributed by atoms with E-state index in [0.717, 1.165) is 5.56 Å². The Morgan fingerprint density at radius 3 is 2.35 bits per heavy atom. The lowest BCUT2D eigenvalue weighted by Crippen LogP contribution is -2.38. The number of hydroxylamine groups is 1. The third-order valence-corrected chi connectivity index (χ3v) is 2.98. The van der Waals surface area contributed by atoms with Crippen molar-refractivity contribution in [2.45, 2.75) is 39.8 Å². The van der Waals surface area contributed by atoms with Crippen molar-refractivity contribution < 1.29 is 9.94 Å². The normalized spacial score (nSPS) is 15.6. The van der Waals surface area contributed by atoms with Crippen LogP contribution in [0.15, 0.2) is 30.3 Å². The second kappa shape index (κ2) is 6.15. The van der Waals surface area contributed by atoms with E-state index in [9.17, 15) is 5.11 Å². The molecule has 3 nitrogen and oxygen atoms in total. The molecule has 0 aromatic heterocycles. The largest absolute Gasteiger partial charge is 0.386 e. The third-order valence-electron chi connectivity index (χ3n) is 2.98. The minimum atomic E-state index is -0.587. The molecule has 1 rings (SSSR count). The highest BCUT2D eigenvalue weighted by Gasteiger charge is 2.20. The highest BCUT2D eigenvalue weighted by molar-refractivity contribution is 5.17. The second-order valence-corrected chi connectivity index (χ2v) is 5.44. The summed E-state index contributed by atoms with van der Waals surface area (Å²) >= 11 is 0. The Bertz CT molecular complexity index is 319. The van der Waals surface area contributed by atoms with Gasteiger partial charge in [-0.1, -0.05) is 51.1 Å². The first kappa shape index (κ1) is 14.2. The number of hydrogen-bond donors (Lipinski definition) is 2. The predicted molar refractivity (Wildman–Crippen MR) is 69.4 cm³/mol. The van der Waals surface area contributed by atoms with E-state index in [-0.39, 0.29) is 18.1 Å². The van der Waals surface area contributed by atoms with E-state index in [1.807, 2.05) is 30.3 Å². The first-order chi connectivity index (χ1) is 7.91. The molecule has 3 heteroatoms. The highest BCUT2D eigenvalue weighted by atomic mass is 16.6. The lowest BCUT2D eigenvalue weighted by Gasteiger charge is -2.28. The van der Waals surface area contributed by atoms with Crippen molar-refractivity contribution in [2.75, 3.05) is 6.61 Å². The van der Waals surface area contributed by atoms with Crippen LogP contribution in [-0.4, -0.2) is 17.8 Å². The molecule has 1 aromatic carbocycles. The van der Waals surface area contributed by atoms with Crippen molar-refractivity contribution in [3.8, 4) is 0 Å². The van der Waals surface area contributed by atoms with Gasteiger partial charge in [0.25, 0.3) is 0 Å². The molecule has 0 aliphatic heterocycles. The van der Waals surface area contributed by atoms with Crippen LogP contribution in [0.5, 0.6) is 0 Å². The van der Waals surface area contributed by atoms with Crippen molar-refractivity contribution in [3.05, 3.63) is 35.9 Å². The molecule has 0 fully saturated rings. The van der Waals surface area contributed by atoms with Crippen LogP contribution in [0.4, 0.5) is 0 Å². The third kappa shape index (κ3) is 4.86. The Kier molecular flexibility index (Phi) is 5.12. The molecular formula is C14H23NO2. The van der Waals surface area contributed by atoms with Crippen LogP contribution in [0.25, 0.3) is 0 Å². The van der Waals surface area contributed by atoms with E-state index in [1.54, 1.807) is 0 Å². The Labute approximate surface area is 104 Å². The zero-order valence-electron chi connectivity index (χ0n) is 11.1. The van der Waals surface area contributed by atoms with Gasteiger partial charge in [-0.2, -0.15) is 5.48 Å². The van der Waals surface area contributed by atoms with Crippen molar-refractivity contribution >= 4 is 0 Å². The van der Waals surface area contributed by atoms with Gasteiger partial charge in [0.1, 0.15) is 6.10 Å². The van der Waals surface area contributed by atoms with Crippen LogP contribution in [0, 0.1) is 5.41 Å². The summed E-state index contributed by atoms with van der Waals surface area (Å²) in [6.07, 6.45) is -0.587. The Morgan fingerprint density at radius 2 is 1.82 bits per heavy atom. The summed E-state index contributed by atoms with van der Waals surface area (Å²) < 4.78 is 0. The fraction of sp³-hybridized carbons (Fsp3) is 0.571. The lowest BCUT2D eigenvalue weighted by molar-refractivity contribution is -0.0494. The maximum absolute atomic E-state index is 9.87. The van der Waals surface area contributed by atoms with Gasteiger partial charge in [0.15, 0.2) is 0 Å². The van der Waals surface area contributed by atoms with Crippen LogP contribution in [0.3, 0.4) is 0 Å². The van der Waals surface area contributed by atoms with Crippen LogP contribution < -0.4 is 5.48 Å². The smallest absolute Gasteiger partial charge is 0.104 e. The first-order valence-corrected chi connectivity index (χ1v) is 6.01. The van der Waals surface area contributed by atoms with E-state index in [1.165, 1.54) is 0 Å². The Hall–Kier alpha value is -0.900. The molecule has 0 radical (unpaired) electrons. The van der Waals surface area contributed by atoms with E-state index >= 15 is 0 Å². The van der Waals surface area contributed by atoms with E-state index in [2.05, 4.69) is 33.2 Å². The van der Waals surface area contributed by atoms with E-state index in [0.29, 0.717) is 0 Å². The van der Waals surface area contributed by atoms with Crippen molar-refractivity contribution in [3.63, 3.8) is 0 Å². The maximum Gasteiger partial charge on any atom is 0.104 e. The van der Waals surface area contributed by atoms with Crippen LogP contribution >= 0.6 is 0 Å². The van der Waals surface area contributed by atoms with Gasteiger partial charge in [0, 0.05) is 6.04 Å². The summed E-state index contributed by atoms with van der Waals surface area (Å²) in [4.78, 5) is 5.34. The van der Waals surface area contributed by atoms with Gasteiger partial charge in [0.2, 0.25) is 0 Å². The number of rotatable bonds is 5. The zero-order chi connectivity index (χ0) is 12.9. The number of nitrogens with one attached hydrogen (secondary N) is 1. The standard InChI is InChI=1S/C14H23NO2/c1-11(14(2,3)4)15-17-10-13(16)12-8-6-5-7-9-12/h5-9,11,13,15-16H,10H2,1-4H3/t11-,13+/m1/s1. The summed E-state index contributed by atoms with van der Waals surface area (Å²) in [5, 5.41) is 9.87. The molecule has 0 heterocycles. The summed E-state index contributed by atoms with van der Waals surface area (Å²) in [6.45, 7) is 8.74. The molecule has 0 saturated carbocycles. The van der Waals surface area contributed by atoms with E-state index < -0.39 is 6.10 Å². The highest BCUT2D eigenvalue weighted by Crippen LogP contribution is 2.18. The molecule has 0 amide bonds. The number of benzene rings is 1. The maximum atomic E-state index is 9.87. The zero-order valence-corrected chi connectivity index (χ0v) is 11.1. The predicted octanol–water partition coefficient (Wildman–Crippen LogP) is 2.68. The van der Waals surface area contributed by atoms with Gasteiger partial charge in [-0.15, -0.1) is 0 Å². The Morgan fingerprint density at radius 1 is 1.24 bits per heavy atom. The van der Waals surface area contributed by atoms with Gasteiger partial charge in [0.05, 0.1) is 6.61 Å². The number of aliphatic hydroxyl groups excluding tert-OH is 1. The number of hydrogen-bond acceptors (Lipinski definition) is 3. The lowest BCUT2D eigenvalue weighted by atomic mass is 9.89. The van der Waals surface area contributed by atoms with Crippen LogP contribution in [0.2, 0.25) is 0 Å². The Balaban J connectivity index is 2.33. The van der Waals surface area contributed by atoms with Crippen LogP contribution in [-0.2, 0) is 4.84 Å². The van der Waals surface area contributed by atoms with Gasteiger partial charge >= 0.3 is 0 Å². The summed E-state index contributed by atoms with van der Waals surface area (Å²) in [7, 11) is 0. The molecule has 0 bridgehead atoms. The second-order valence-electron chi connectivity index (χ2n) is 5.44. The molecule has 0 saturated heterocycles. The molecule has 2 atom stereocenters. The van der Waals surface area contributed by atoms with Gasteiger partial charge in [-0.05, 0) is 17.9 Å². The minimum Gasteiger partial charge on any atom is -0.386 e. The summed E-state index contributed by atoms with van der Waals surface area (Å²) in [6, 6.07) is 9.75. The molecule has 96 valence electrons. The molecule has 0 unspecified atom stereocenters. The minimum absolute atomic E-state index is 0.137. The van der Waals surface area contributed by atoms with Crippen molar-refractivity contribution in [1.29, 1.82) is 0 Å².